The zero-order valence-electron chi connectivity index (χ0n) is 13.7. The van der Waals surface area contributed by atoms with Gasteiger partial charge in [-0.1, -0.05) is 24.3 Å². The molecular formula is C19H15N3O3. The maximum atomic E-state index is 12.5. The molecule has 0 amide bonds. The van der Waals surface area contributed by atoms with Crippen molar-refractivity contribution in [3.8, 4) is 23.0 Å². The van der Waals surface area contributed by atoms with Gasteiger partial charge in [-0.15, -0.1) is 0 Å². The summed E-state index contributed by atoms with van der Waals surface area (Å²) in [4.78, 5) is 24.4. The highest BCUT2D eigenvalue weighted by molar-refractivity contribution is 5.84. The normalized spacial score (nSPS) is 11.0. The highest BCUT2D eigenvalue weighted by Gasteiger charge is 2.12. The first-order chi connectivity index (χ1) is 12.2. The summed E-state index contributed by atoms with van der Waals surface area (Å²) in [7, 11) is 3.07. The van der Waals surface area contributed by atoms with Gasteiger partial charge in [0.1, 0.15) is 5.69 Å². The number of pyridine rings is 1. The molecule has 2 aromatic carbocycles. The minimum atomic E-state index is -0.254. The Hall–Kier alpha value is -3.41. The van der Waals surface area contributed by atoms with E-state index in [0.717, 1.165) is 10.9 Å². The highest BCUT2D eigenvalue weighted by atomic mass is 16.5. The summed E-state index contributed by atoms with van der Waals surface area (Å²) < 4.78 is 10.5. The molecule has 0 fully saturated rings. The van der Waals surface area contributed by atoms with Crippen LogP contribution in [0.3, 0.4) is 0 Å². The molecule has 0 radical (unpaired) electrons. The van der Waals surface area contributed by atoms with E-state index in [2.05, 4.69) is 15.0 Å². The van der Waals surface area contributed by atoms with Gasteiger partial charge in [0, 0.05) is 11.5 Å². The van der Waals surface area contributed by atoms with Crippen LogP contribution in [0.25, 0.3) is 33.3 Å². The van der Waals surface area contributed by atoms with Crippen LogP contribution < -0.4 is 15.0 Å². The molecule has 0 saturated heterocycles. The van der Waals surface area contributed by atoms with Crippen molar-refractivity contribution in [2.75, 3.05) is 14.2 Å². The van der Waals surface area contributed by atoms with Gasteiger partial charge in [-0.25, -0.2) is 9.97 Å². The molecule has 0 aliphatic carbocycles. The Morgan fingerprint density at radius 2 is 1.64 bits per heavy atom. The summed E-state index contributed by atoms with van der Waals surface area (Å²) in [6.07, 6.45) is 0. The molecule has 25 heavy (non-hydrogen) atoms. The molecule has 0 bridgehead atoms. The Bertz CT molecular complexity index is 1150. The van der Waals surface area contributed by atoms with Crippen molar-refractivity contribution in [3.63, 3.8) is 0 Å². The molecule has 2 heterocycles. The van der Waals surface area contributed by atoms with Crippen molar-refractivity contribution in [1.82, 2.24) is 15.0 Å². The smallest absolute Gasteiger partial charge is 0.259 e. The van der Waals surface area contributed by atoms with Crippen molar-refractivity contribution in [2.45, 2.75) is 0 Å². The van der Waals surface area contributed by atoms with E-state index in [-0.39, 0.29) is 5.56 Å². The van der Waals surface area contributed by atoms with Crippen LogP contribution in [0.4, 0.5) is 0 Å². The van der Waals surface area contributed by atoms with Crippen LogP contribution in [0.5, 0.6) is 11.5 Å². The third-order valence-electron chi connectivity index (χ3n) is 4.05. The third kappa shape index (κ3) is 2.57. The Morgan fingerprint density at radius 3 is 2.44 bits per heavy atom. The number of methoxy groups -OCH3 is 2. The van der Waals surface area contributed by atoms with Crippen LogP contribution in [-0.2, 0) is 0 Å². The molecule has 0 atom stereocenters. The van der Waals surface area contributed by atoms with Crippen LogP contribution in [0.15, 0.2) is 53.3 Å². The molecule has 2 aromatic heterocycles. The van der Waals surface area contributed by atoms with Crippen LogP contribution in [0.2, 0.25) is 0 Å². The van der Waals surface area contributed by atoms with E-state index in [1.165, 1.54) is 7.11 Å². The summed E-state index contributed by atoms with van der Waals surface area (Å²) >= 11 is 0. The zero-order chi connectivity index (χ0) is 17.4. The van der Waals surface area contributed by atoms with E-state index in [9.17, 15) is 4.79 Å². The van der Waals surface area contributed by atoms with E-state index in [1.54, 1.807) is 19.2 Å². The van der Waals surface area contributed by atoms with Gasteiger partial charge in [0.25, 0.3) is 5.56 Å². The number of fused-ring (bicyclic) bond motifs is 2. The molecule has 124 valence electrons. The maximum Gasteiger partial charge on any atom is 0.259 e. The average Bonchev–Trinajstić information content (AvgIpc) is 2.66. The lowest BCUT2D eigenvalue weighted by atomic mass is 10.2. The largest absolute Gasteiger partial charge is 0.493 e. The number of aromatic amines is 1. The summed E-state index contributed by atoms with van der Waals surface area (Å²) in [5.41, 5.74) is 1.71. The number of nitrogens with zero attached hydrogens (tertiary/aromatic N) is 2. The second-order valence-electron chi connectivity index (χ2n) is 5.53. The third-order valence-corrected chi connectivity index (χ3v) is 4.05. The predicted octanol–water partition coefficient (Wildman–Crippen LogP) is 3.16. The van der Waals surface area contributed by atoms with E-state index in [1.807, 2.05) is 36.4 Å². The van der Waals surface area contributed by atoms with Crippen LogP contribution in [0.1, 0.15) is 0 Å². The van der Waals surface area contributed by atoms with Gasteiger partial charge in [-0.05, 0) is 18.2 Å². The van der Waals surface area contributed by atoms with E-state index >= 15 is 0 Å². The van der Waals surface area contributed by atoms with Crippen molar-refractivity contribution in [3.05, 3.63) is 58.9 Å². The van der Waals surface area contributed by atoms with Gasteiger partial charge in [0.15, 0.2) is 17.3 Å². The van der Waals surface area contributed by atoms with Crippen molar-refractivity contribution in [2.24, 2.45) is 0 Å². The van der Waals surface area contributed by atoms with Crippen molar-refractivity contribution >= 4 is 21.8 Å². The highest BCUT2D eigenvalue weighted by Crippen LogP contribution is 2.30. The first kappa shape index (κ1) is 15.1. The van der Waals surface area contributed by atoms with E-state index < -0.39 is 0 Å². The van der Waals surface area contributed by atoms with Gasteiger partial charge >= 0.3 is 0 Å². The van der Waals surface area contributed by atoms with Crippen molar-refractivity contribution in [1.29, 1.82) is 0 Å². The molecule has 4 rings (SSSR count). The van der Waals surface area contributed by atoms with Crippen LogP contribution >= 0.6 is 0 Å². The topological polar surface area (TPSA) is 77.1 Å². The molecule has 0 saturated carbocycles. The fourth-order valence-corrected chi connectivity index (χ4v) is 2.79. The zero-order valence-corrected chi connectivity index (χ0v) is 13.7. The van der Waals surface area contributed by atoms with Gasteiger partial charge in [-0.3, -0.25) is 4.79 Å². The fraction of sp³-hybridized carbons (Fsp3) is 0.105. The minimum Gasteiger partial charge on any atom is -0.493 e. The second kappa shape index (κ2) is 5.90. The van der Waals surface area contributed by atoms with Gasteiger partial charge < -0.3 is 14.5 Å². The van der Waals surface area contributed by atoms with E-state index in [0.29, 0.717) is 33.9 Å². The Morgan fingerprint density at radius 1 is 0.880 bits per heavy atom. The first-order valence-electron chi connectivity index (χ1n) is 7.72. The molecule has 1 N–H and O–H groups in total. The maximum absolute atomic E-state index is 12.5. The molecule has 6 nitrogen and oxygen atoms in total. The van der Waals surface area contributed by atoms with Gasteiger partial charge in [0.05, 0.1) is 30.6 Å². The summed E-state index contributed by atoms with van der Waals surface area (Å²) in [6, 6.07) is 14.9. The Balaban J connectivity index is 1.93. The summed E-state index contributed by atoms with van der Waals surface area (Å²) in [5.74, 6) is 1.42. The molecule has 0 spiro atoms. The molecule has 0 aliphatic heterocycles. The van der Waals surface area contributed by atoms with Crippen molar-refractivity contribution < 1.29 is 9.47 Å². The molecular weight excluding hydrogens is 318 g/mol. The van der Waals surface area contributed by atoms with Gasteiger partial charge in [-0.2, -0.15) is 0 Å². The molecule has 0 unspecified atom stereocenters. The second-order valence-corrected chi connectivity index (χ2v) is 5.53. The number of hydrogen-bond donors (Lipinski definition) is 1. The van der Waals surface area contributed by atoms with Crippen LogP contribution in [0, 0.1) is 0 Å². The lowest BCUT2D eigenvalue weighted by Gasteiger charge is -2.09. The molecule has 4 aromatic rings. The number of ether oxygens (including phenoxy) is 2. The number of nitrogens with one attached hydrogen (secondary N) is 1. The van der Waals surface area contributed by atoms with Gasteiger partial charge in [0.2, 0.25) is 0 Å². The molecule has 0 aliphatic rings. The fourth-order valence-electron chi connectivity index (χ4n) is 2.79. The number of hydrogen-bond acceptors (Lipinski definition) is 5. The Labute approximate surface area is 143 Å². The predicted molar refractivity (Wildman–Crippen MR) is 96.2 cm³/mol. The van der Waals surface area contributed by atoms with Crippen LogP contribution in [-0.4, -0.2) is 29.2 Å². The number of benzene rings is 2. The average molecular weight is 333 g/mol. The number of aromatic nitrogens is 3. The van der Waals surface area contributed by atoms with E-state index in [4.69, 9.17) is 9.47 Å². The number of para-hydroxylation sites is 1. The summed E-state index contributed by atoms with van der Waals surface area (Å²) in [5, 5.41) is 1.46. The lowest BCUT2D eigenvalue weighted by molar-refractivity contribution is 0.355. The standard InChI is InChI=1S/C19H15N3O3/c1-24-16-9-12-15(10-17(16)25-2)21-18(22-19(12)23)14-8-7-11-5-3-4-6-13(11)20-14/h3-10H,1-2H3,(H,21,22,23). The first-order valence-corrected chi connectivity index (χ1v) is 7.72. The minimum absolute atomic E-state index is 0.254. The summed E-state index contributed by atoms with van der Waals surface area (Å²) in [6.45, 7) is 0. The molecule has 6 heteroatoms. The quantitative estimate of drug-likeness (QED) is 0.623. The number of rotatable bonds is 3. The lowest BCUT2D eigenvalue weighted by Crippen LogP contribution is -2.10. The number of H-pyrrole nitrogens is 1. The SMILES string of the molecule is COc1cc2nc(-c3ccc4ccccc4n3)[nH]c(=O)c2cc1OC. The monoisotopic (exact) mass is 333 g/mol. The Kier molecular flexibility index (Phi) is 3.57.